The van der Waals surface area contributed by atoms with Crippen molar-refractivity contribution >= 4 is 17.7 Å². The van der Waals surface area contributed by atoms with Gasteiger partial charge in [-0.1, -0.05) is 60.2 Å². The third-order valence-electron chi connectivity index (χ3n) is 3.86. The minimum absolute atomic E-state index is 0.0424. The SMILES string of the molecule is Cc1ccc(-c2cccc([N+](=O)[O-])c2OSc2ccccc2C)cc1. The lowest BCUT2D eigenvalue weighted by molar-refractivity contribution is -0.385. The minimum atomic E-state index is -0.411. The van der Waals surface area contributed by atoms with Gasteiger partial charge in [-0.15, -0.1) is 0 Å². The van der Waals surface area contributed by atoms with Crippen molar-refractivity contribution in [1.82, 2.24) is 0 Å². The Morgan fingerprint density at radius 3 is 2.32 bits per heavy atom. The van der Waals surface area contributed by atoms with E-state index in [9.17, 15) is 10.1 Å². The quantitative estimate of drug-likeness (QED) is 0.323. The molecular formula is C20H17NO3S. The summed E-state index contributed by atoms with van der Waals surface area (Å²) < 4.78 is 5.86. The summed E-state index contributed by atoms with van der Waals surface area (Å²) in [6.45, 7) is 3.98. The van der Waals surface area contributed by atoms with Crippen LogP contribution in [0.2, 0.25) is 0 Å². The van der Waals surface area contributed by atoms with E-state index in [1.807, 2.05) is 68.4 Å². The Bertz CT molecular complexity index is 907. The van der Waals surface area contributed by atoms with Crippen LogP contribution in [0.3, 0.4) is 0 Å². The molecule has 5 heteroatoms. The number of hydrogen-bond acceptors (Lipinski definition) is 4. The molecule has 0 fully saturated rings. The molecule has 0 aliphatic heterocycles. The first kappa shape index (κ1) is 17.0. The molecule has 0 unspecified atom stereocenters. The number of aryl methyl sites for hydroxylation is 2. The highest BCUT2D eigenvalue weighted by atomic mass is 32.2. The van der Waals surface area contributed by atoms with Gasteiger partial charge in [0, 0.05) is 11.6 Å². The summed E-state index contributed by atoms with van der Waals surface area (Å²) in [5, 5.41) is 11.5. The van der Waals surface area contributed by atoms with Gasteiger partial charge < -0.3 is 4.18 Å². The van der Waals surface area contributed by atoms with Gasteiger partial charge in [0.25, 0.3) is 0 Å². The number of para-hydroxylation sites is 1. The second-order valence-electron chi connectivity index (χ2n) is 5.71. The molecule has 0 saturated carbocycles. The van der Waals surface area contributed by atoms with Gasteiger partial charge in [0.15, 0.2) is 0 Å². The fourth-order valence-corrected chi connectivity index (χ4v) is 3.13. The maximum atomic E-state index is 11.5. The van der Waals surface area contributed by atoms with Crippen molar-refractivity contribution in [1.29, 1.82) is 0 Å². The van der Waals surface area contributed by atoms with E-state index >= 15 is 0 Å². The topological polar surface area (TPSA) is 52.4 Å². The number of nitrogens with zero attached hydrogens (tertiary/aromatic N) is 1. The van der Waals surface area contributed by atoms with Crippen molar-refractivity contribution in [2.75, 3.05) is 0 Å². The number of nitro benzene ring substituents is 1. The van der Waals surface area contributed by atoms with Crippen molar-refractivity contribution in [2.45, 2.75) is 18.7 Å². The maximum absolute atomic E-state index is 11.5. The summed E-state index contributed by atoms with van der Waals surface area (Å²) in [7, 11) is 0. The van der Waals surface area contributed by atoms with Gasteiger partial charge in [-0.05, 0) is 31.0 Å². The number of benzene rings is 3. The molecule has 0 atom stereocenters. The van der Waals surface area contributed by atoms with Crippen LogP contribution in [0.25, 0.3) is 11.1 Å². The van der Waals surface area contributed by atoms with Crippen molar-refractivity contribution in [3.05, 3.63) is 88.0 Å². The lowest BCUT2D eigenvalue weighted by Gasteiger charge is -2.11. The van der Waals surface area contributed by atoms with Gasteiger partial charge >= 0.3 is 5.69 Å². The van der Waals surface area contributed by atoms with E-state index in [1.165, 1.54) is 6.07 Å². The summed E-state index contributed by atoms with van der Waals surface area (Å²) in [6.07, 6.45) is 0. The normalized spacial score (nSPS) is 10.5. The van der Waals surface area contributed by atoms with E-state index in [2.05, 4.69) is 0 Å². The third kappa shape index (κ3) is 3.83. The smallest absolute Gasteiger partial charge is 0.313 e. The summed E-state index contributed by atoms with van der Waals surface area (Å²) in [6, 6.07) is 20.6. The lowest BCUT2D eigenvalue weighted by atomic mass is 10.0. The van der Waals surface area contributed by atoms with Crippen molar-refractivity contribution < 1.29 is 9.11 Å². The molecule has 0 radical (unpaired) electrons. The molecule has 25 heavy (non-hydrogen) atoms. The molecule has 0 amide bonds. The van der Waals surface area contributed by atoms with Crippen LogP contribution >= 0.6 is 12.0 Å². The largest absolute Gasteiger partial charge is 0.413 e. The molecule has 126 valence electrons. The number of hydrogen-bond donors (Lipinski definition) is 0. The monoisotopic (exact) mass is 351 g/mol. The molecule has 0 aliphatic rings. The first-order valence-electron chi connectivity index (χ1n) is 7.81. The van der Waals surface area contributed by atoms with E-state index in [0.29, 0.717) is 5.56 Å². The second-order valence-corrected chi connectivity index (χ2v) is 6.48. The highest BCUT2D eigenvalue weighted by Gasteiger charge is 2.21. The Morgan fingerprint density at radius 2 is 1.64 bits per heavy atom. The molecule has 3 aromatic carbocycles. The Labute approximate surface area is 150 Å². The zero-order valence-electron chi connectivity index (χ0n) is 13.9. The van der Waals surface area contributed by atoms with Crippen molar-refractivity contribution in [3.8, 4) is 16.9 Å². The molecule has 4 nitrogen and oxygen atoms in total. The van der Waals surface area contributed by atoms with Crippen molar-refractivity contribution in [3.63, 3.8) is 0 Å². The van der Waals surface area contributed by atoms with E-state index in [-0.39, 0.29) is 11.4 Å². The van der Waals surface area contributed by atoms with Crippen LogP contribution < -0.4 is 4.18 Å². The predicted molar refractivity (Wildman–Crippen MR) is 101 cm³/mol. The lowest BCUT2D eigenvalue weighted by Crippen LogP contribution is -1.95. The molecule has 3 rings (SSSR count). The first-order valence-corrected chi connectivity index (χ1v) is 8.55. The van der Waals surface area contributed by atoms with Crippen LogP contribution in [0.15, 0.2) is 71.6 Å². The molecule has 3 aromatic rings. The third-order valence-corrected chi connectivity index (χ3v) is 4.75. The summed E-state index contributed by atoms with van der Waals surface area (Å²) in [5.41, 5.74) is 3.73. The molecule has 0 heterocycles. The summed E-state index contributed by atoms with van der Waals surface area (Å²) in [5.74, 6) is 0.268. The highest BCUT2D eigenvalue weighted by molar-refractivity contribution is 7.95. The Balaban J connectivity index is 2.02. The number of rotatable bonds is 5. The summed E-state index contributed by atoms with van der Waals surface area (Å²) >= 11 is 1.14. The Morgan fingerprint density at radius 1 is 0.920 bits per heavy atom. The second kappa shape index (κ2) is 7.40. The van der Waals surface area contributed by atoms with Crippen LogP contribution in [0.5, 0.6) is 5.75 Å². The zero-order chi connectivity index (χ0) is 17.8. The molecule has 0 N–H and O–H groups in total. The van der Waals surface area contributed by atoms with E-state index in [1.54, 1.807) is 6.07 Å². The van der Waals surface area contributed by atoms with Crippen LogP contribution in [-0.4, -0.2) is 4.92 Å². The van der Waals surface area contributed by atoms with E-state index < -0.39 is 4.92 Å². The Hall–Kier alpha value is -2.79. The molecule has 0 aliphatic carbocycles. The fourth-order valence-electron chi connectivity index (χ4n) is 2.45. The Kier molecular flexibility index (Phi) is 5.05. The zero-order valence-corrected chi connectivity index (χ0v) is 14.7. The molecule has 0 aromatic heterocycles. The van der Waals surface area contributed by atoms with Gasteiger partial charge in [0.2, 0.25) is 5.75 Å². The van der Waals surface area contributed by atoms with Crippen LogP contribution in [-0.2, 0) is 0 Å². The average molecular weight is 351 g/mol. The standard InChI is InChI=1S/C20H17NO3S/c1-14-10-12-16(13-11-14)17-7-5-8-18(21(22)23)20(17)24-25-19-9-4-3-6-15(19)2/h3-13H,1-2H3. The van der Waals surface area contributed by atoms with E-state index in [4.69, 9.17) is 4.18 Å². The molecular weight excluding hydrogens is 334 g/mol. The van der Waals surface area contributed by atoms with Crippen molar-refractivity contribution in [2.24, 2.45) is 0 Å². The van der Waals surface area contributed by atoms with Gasteiger partial charge in [0.05, 0.1) is 21.9 Å². The first-order chi connectivity index (χ1) is 12.1. The maximum Gasteiger partial charge on any atom is 0.313 e. The van der Waals surface area contributed by atoms with E-state index in [0.717, 1.165) is 33.6 Å². The van der Waals surface area contributed by atoms with Gasteiger partial charge in [-0.2, -0.15) is 0 Å². The molecule has 0 spiro atoms. The van der Waals surface area contributed by atoms with Gasteiger partial charge in [0.1, 0.15) is 0 Å². The molecule has 0 saturated heterocycles. The summed E-state index contributed by atoms with van der Waals surface area (Å²) in [4.78, 5) is 12.0. The fraction of sp³-hybridized carbons (Fsp3) is 0.100. The molecule has 0 bridgehead atoms. The predicted octanol–water partition coefficient (Wildman–Crippen LogP) is 5.96. The van der Waals surface area contributed by atoms with Crippen LogP contribution in [0, 0.1) is 24.0 Å². The number of nitro groups is 1. The van der Waals surface area contributed by atoms with Gasteiger partial charge in [-0.3, -0.25) is 10.1 Å². The highest BCUT2D eigenvalue weighted by Crippen LogP contribution is 2.41. The average Bonchev–Trinajstić information content (AvgIpc) is 2.61. The van der Waals surface area contributed by atoms with Crippen LogP contribution in [0.4, 0.5) is 5.69 Å². The van der Waals surface area contributed by atoms with Crippen LogP contribution in [0.1, 0.15) is 11.1 Å². The van der Waals surface area contributed by atoms with Gasteiger partial charge in [-0.25, -0.2) is 0 Å². The minimum Gasteiger partial charge on any atom is -0.413 e.